The highest BCUT2D eigenvalue weighted by molar-refractivity contribution is 5.26. The van der Waals surface area contributed by atoms with Crippen molar-refractivity contribution in [1.82, 2.24) is 9.13 Å². The summed E-state index contributed by atoms with van der Waals surface area (Å²) in [7, 11) is 1.24. The average molecular weight is 190 g/mol. The van der Waals surface area contributed by atoms with Crippen LogP contribution in [0.4, 0.5) is 0 Å². The van der Waals surface area contributed by atoms with Crippen LogP contribution in [-0.4, -0.2) is 31.6 Å². The topological polar surface area (TPSA) is 96.9 Å². The van der Waals surface area contributed by atoms with E-state index < -0.39 is 25.0 Å². The Bertz CT molecular complexity index is 353. The van der Waals surface area contributed by atoms with Crippen molar-refractivity contribution < 1.29 is 20.1 Å². The first-order valence-corrected chi connectivity index (χ1v) is 3.45. The highest BCUT2D eigenvalue weighted by atomic mass is 16.5. The molecule has 0 spiro atoms. The standard InChI is InChI=1S/C6H10N2O5/c1-13-5-4(11)7(2-9)6(12)8(5)3-10/h9-11H,2-3H2,1H3. The average Bonchev–Trinajstić information content (AvgIpc) is 2.36. The molecule has 1 rings (SSSR count). The third-order valence-electron chi connectivity index (χ3n) is 1.63. The van der Waals surface area contributed by atoms with Crippen LogP contribution in [0.2, 0.25) is 0 Å². The Hall–Kier alpha value is -1.47. The van der Waals surface area contributed by atoms with E-state index in [1.807, 2.05) is 0 Å². The summed E-state index contributed by atoms with van der Waals surface area (Å²) in [5.41, 5.74) is -0.737. The molecule has 0 fully saturated rings. The number of aromatic hydroxyl groups is 1. The lowest BCUT2D eigenvalue weighted by molar-refractivity contribution is 0.179. The van der Waals surface area contributed by atoms with Crippen LogP contribution in [0, 0.1) is 0 Å². The summed E-state index contributed by atoms with van der Waals surface area (Å²) in [6, 6.07) is 0. The van der Waals surface area contributed by atoms with E-state index >= 15 is 0 Å². The van der Waals surface area contributed by atoms with Gasteiger partial charge in [0, 0.05) is 0 Å². The molecule has 7 heteroatoms. The molecule has 0 saturated carbocycles. The van der Waals surface area contributed by atoms with Gasteiger partial charge in [0.1, 0.15) is 13.5 Å². The number of rotatable bonds is 3. The quantitative estimate of drug-likeness (QED) is 0.526. The van der Waals surface area contributed by atoms with Gasteiger partial charge in [0.25, 0.3) is 11.8 Å². The normalized spacial score (nSPS) is 10.4. The Morgan fingerprint density at radius 3 is 2.15 bits per heavy atom. The van der Waals surface area contributed by atoms with Gasteiger partial charge >= 0.3 is 5.69 Å². The van der Waals surface area contributed by atoms with Crippen LogP contribution >= 0.6 is 0 Å². The molecule has 1 aromatic heterocycles. The van der Waals surface area contributed by atoms with E-state index in [4.69, 9.17) is 10.2 Å². The first kappa shape index (κ1) is 9.62. The lowest BCUT2D eigenvalue weighted by atomic mass is 10.7. The summed E-state index contributed by atoms with van der Waals surface area (Å²) in [6.07, 6.45) is 0. The summed E-state index contributed by atoms with van der Waals surface area (Å²) in [5, 5.41) is 26.7. The predicted octanol–water partition coefficient (Wildman–Crippen LogP) is -1.74. The molecule has 0 aliphatic heterocycles. The first-order chi connectivity index (χ1) is 6.17. The molecule has 74 valence electrons. The Kier molecular flexibility index (Phi) is 2.59. The van der Waals surface area contributed by atoms with E-state index in [-0.39, 0.29) is 5.88 Å². The van der Waals surface area contributed by atoms with Crippen LogP contribution in [0.25, 0.3) is 0 Å². The predicted molar refractivity (Wildman–Crippen MR) is 41.3 cm³/mol. The van der Waals surface area contributed by atoms with Gasteiger partial charge in [-0.1, -0.05) is 0 Å². The molecule has 0 aliphatic carbocycles. The molecule has 0 bridgehead atoms. The van der Waals surface area contributed by atoms with Gasteiger partial charge in [0.15, 0.2) is 0 Å². The fourth-order valence-corrected chi connectivity index (χ4v) is 1.01. The monoisotopic (exact) mass is 190 g/mol. The molecule has 3 N–H and O–H groups in total. The molecular formula is C6H10N2O5. The van der Waals surface area contributed by atoms with Crippen LogP contribution in [0.5, 0.6) is 11.8 Å². The Morgan fingerprint density at radius 1 is 1.31 bits per heavy atom. The van der Waals surface area contributed by atoms with Crippen LogP contribution in [0.3, 0.4) is 0 Å². The highest BCUT2D eigenvalue weighted by Gasteiger charge is 2.18. The maximum atomic E-state index is 11.2. The number of hydrogen-bond donors (Lipinski definition) is 3. The molecule has 0 aromatic carbocycles. The number of imidazole rings is 1. The van der Waals surface area contributed by atoms with E-state index in [1.54, 1.807) is 0 Å². The van der Waals surface area contributed by atoms with Gasteiger partial charge in [-0.2, -0.15) is 0 Å². The van der Waals surface area contributed by atoms with Crippen molar-refractivity contribution >= 4 is 0 Å². The summed E-state index contributed by atoms with van der Waals surface area (Å²) in [5.74, 6) is -0.689. The Balaban J connectivity index is 3.42. The van der Waals surface area contributed by atoms with E-state index in [9.17, 15) is 9.90 Å². The number of ether oxygens (including phenoxy) is 1. The molecule has 7 nitrogen and oxygen atoms in total. The molecule has 0 radical (unpaired) electrons. The van der Waals surface area contributed by atoms with Gasteiger partial charge in [-0.25, -0.2) is 13.9 Å². The van der Waals surface area contributed by atoms with Gasteiger partial charge in [0.05, 0.1) is 7.11 Å². The lowest BCUT2D eigenvalue weighted by Crippen LogP contribution is -2.24. The van der Waals surface area contributed by atoms with Gasteiger partial charge in [-0.05, 0) is 0 Å². The third kappa shape index (κ3) is 1.27. The van der Waals surface area contributed by atoms with Crippen LogP contribution in [0.1, 0.15) is 0 Å². The van der Waals surface area contributed by atoms with Crippen molar-refractivity contribution in [3.8, 4) is 11.8 Å². The van der Waals surface area contributed by atoms with Crippen LogP contribution < -0.4 is 10.4 Å². The summed E-state index contributed by atoms with van der Waals surface area (Å²) >= 11 is 0. The van der Waals surface area contributed by atoms with E-state index in [1.165, 1.54) is 7.11 Å². The van der Waals surface area contributed by atoms with E-state index in [0.29, 0.717) is 4.57 Å². The summed E-state index contributed by atoms with van der Waals surface area (Å²) in [4.78, 5) is 11.2. The zero-order valence-electron chi connectivity index (χ0n) is 6.97. The van der Waals surface area contributed by atoms with Gasteiger partial charge < -0.3 is 20.1 Å². The molecule has 0 atom stereocenters. The van der Waals surface area contributed by atoms with Gasteiger partial charge in [-0.15, -0.1) is 0 Å². The number of aliphatic hydroxyl groups excluding tert-OH is 2. The van der Waals surface area contributed by atoms with E-state index in [0.717, 1.165) is 4.57 Å². The first-order valence-electron chi connectivity index (χ1n) is 3.45. The van der Waals surface area contributed by atoms with Crippen LogP contribution in [0.15, 0.2) is 4.79 Å². The minimum atomic E-state index is -0.737. The largest absolute Gasteiger partial charge is 0.491 e. The van der Waals surface area contributed by atoms with Crippen molar-refractivity contribution in [2.24, 2.45) is 0 Å². The SMILES string of the molecule is COc1c(O)n(CO)c(=O)n1CO. The number of aromatic nitrogens is 2. The molecule has 0 aliphatic rings. The smallest absolute Gasteiger partial charge is 0.337 e. The molecule has 0 unspecified atom stereocenters. The van der Waals surface area contributed by atoms with Gasteiger partial charge in [0.2, 0.25) is 0 Å². The fraction of sp³-hybridized carbons (Fsp3) is 0.500. The minimum Gasteiger partial charge on any atom is -0.491 e. The molecule has 13 heavy (non-hydrogen) atoms. The van der Waals surface area contributed by atoms with Crippen molar-refractivity contribution in [2.75, 3.05) is 7.11 Å². The Labute approximate surface area is 73.0 Å². The second-order valence-electron chi connectivity index (χ2n) is 2.25. The molecule has 0 amide bonds. The van der Waals surface area contributed by atoms with Gasteiger partial charge in [-0.3, -0.25) is 0 Å². The second kappa shape index (κ2) is 3.50. The van der Waals surface area contributed by atoms with Crippen molar-refractivity contribution in [2.45, 2.75) is 13.5 Å². The number of hydrogen-bond acceptors (Lipinski definition) is 5. The zero-order chi connectivity index (χ0) is 10.0. The molecule has 1 heterocycles. The maximum Gasteiger partial charge on any atom is 0.337 e. The molecule has 0 saturated heterocycles. The summed E-state index contributed by atoms with van der Waals surface area (Å²) in [6.45, 7) is -1.30. The Morgan fingerprint density at radius 2 is 1.85 bits per heavy atom. The second-order valence-corrected chi connectivity index (χ2v) is 2.25. The number of methoxy groups -OCH3 is 1. The summed E-state index contributed by atoms with van der Waals surface area (Å²) < 4.78 is 6.10. The zero-order valence-corrected chi connectivity index (χ0v) is 6.97. The fourth-order valence-electron chi connectivity index (χ4n) is 1.01. The third-order valence-corrected chi connectivity index (χ3v) is 1.63. The number of aliphatic hydroxyl groups is 2. The minimum absolute atomic E-state index is 0.179. The molecular weight excluding hydrogens is 180 g/mol. The van der Waals surface area contributed by atoms with E-state index in [2.05, 4.69) is 4.74 Å². The maximum absolute atomic E-state index is 11.2. The van der Waals surface area contributed by atoms with Crippen molar-refractivity contribution in [3.05, 3.63) is 10.5 Å². The highest BCUT2D eigenvalue weighted by Crippen LogP contribution is 2.22. The number of nitrogens with zero attached hydrogens (tertiary/aromatic N) is 2. The molecule has 1 aromatic rings. The van der Waals surface area contributed by atoms with Crippen molar-refractivity contribution in [3.63, 3.8) is 0 Å². The van der Waals surface area contributed by atoms with Crippen LogP contribution in [-0.2, 0) is 13.5 Å². The van der Waals surface area contributed by atoms with Crippen molar-refractivity contribution in [1.29, 1.82) is 0 Å². The lowest BCUT2D eigenvalue weighted by Gasteiger charge is -2.00.